The number of methoxy groups -OCH3 is 1. The smallest absolute Gasteiger partial charge is 0.218 e. The van der Waals surface area contributed by atoms with Crippen LogP contribution in [0.15, 0.2) is 24.8 Å². The van der Waals surface area contributed by atoms with Crippen molar-refractivity contribution in [2.75, 3.05) is 18.2 Å². The highest BCUT2D eigenvalue weighted by molar-refractivity contribution is 7.93. The molecule has 0 amide bonds. The quantitative estimate of drug-likeness (QED) is 0.375. The van der Waals surface area contributed by atoms with Crippen LogP contribution >= 0.6 is 12.0 Å². The molecule has 2 aromatic rings. The van der Waals surface area contributed by atoms with Gasteiger partial charge in [0.15, 0.2) is 0 Å². The van der Waals surface area contributed by atoms with Crippen LogP contribution in [-0.2, 0) is 11.3 Å². The number of ketones is 1. The number of aromatic nitrogens is 4. The molecule has 0 saturated heterocycles. The Morgan fingerprint density at radius 1 is 1.47 bits per heavy atom. The minimum absolute atomic E-state index is 0.223. The predicted octanol–water partition coefficient (Wildman–Crippen LogP) is 3.12. The Balaban J connectivity index is 1.68. The van der Waals surface area contributed by atoms with E-state index in [1.54, 1.807) is 24.1 Å². The van der Waals surface area contributed by atoms with Crippen molar-refractivity contribution in [2.24, 2.45) is 5.92 Å². The van der Waals surface area contributed by atoms with Crippen molar-refractivity contribution in [3.63, 3.8) is 0 Å². The van der Waals surface area contributed by atoms with Gasteiger partial charge in [-0.15, -0.1) is 0 Å². The summed E-state index contributed by atoms with van der Waals surface area (Å²) >= 11 is 0.888. The molecule has 160 valence electrons. The van der Waals surface area contributed by atoms with Gasteiger partial charge >= 0.3 is 0 Å². The first-order valence-electron chi connectivity index (χ1n) is 9.88. The lowest BCUT2D eigenvalue weighted by molar-refractivity contribution is 0.0740. The van der Waals surface area contributed by atoms with Crippen LogP contribution in [0.1, 0.15) is 49.2 Å². The molecule has 30 heavy (non-hydrogen) atoms. The second kappa shape index (κ2) is 10.1. The normalized spacial score (nSPS) is 18.7. The Labute approximate surface area is 181 Å². The molecule has 0 bridgehead atoms. The molecule has 0 spiro atoms. The van der Waals surface area contributed by atoms with E-state index in [2.05, 4.69) is 32.2 Å². The van der Waals surface area contributed by atoms with E-state index in [1.807, 2.05) is 13.8 Å². The molecular formula is C21H27N5O3S. The summed E-state index contributed by atoms with van der Waals surface area (Å²) in [5.74, 6) is 7.53. The van der Waals surface area contributed by atoms with Gasteiger partial charge in [-0.25, -0.2) is 9.97 Å². The van der Waals surface area contributed by atoms with Crippen molar-refractivity contribution in [3.8, 4) is 11.8 Å². The van der Waals surface area contributed by atoms with Crippen LogP contribution in [0.3, 0.4) is 0 Å². The van der Waals surface area contributed by atoms with Gasteiger partial charge in [0.1, 0.15) is 30.0 Å². The summed E-state index contributed by atoms with van der Waals surface area (Å²) in [6, 6.07) is 1.90. The zero-order valence-corrected chi connectivity index (χ0v) is 18.3. The van der Waals surface area contributed by atoms with Crippen molar-refractivity contribution in [1.29, 1.82) is 0 Å². The van der Waals surface area contributed by atoms with E-state index >= 15 is 0 Å². The minimum Gasteiger partial charge on any atom is -0.367 e. The average molecular weight is 430 g/mol. The molecule has 0 radical (unpaired) electrons. The van der Waals surface area contributed by atoms with Gasteiger partial charge in [-0.05, 0) is 57.1 Å². The topological polar surface area (TPSA) is 102 Å². The van der Waals surface area contributed by atoms with E-state index < -0.39 is 5.60 Å². The highest BCUT2D eigenvalue weighted by Gasteiger charge is 2.26. The second-order valence-electron chi connectivity index (χ2n) is 7.85. The van der Waals surface area contributed by atoms with Gasteiger partial charge in [0.2, 0.25) is 5.78 Å². The first kappa shape index (κ1) is 22.3. The maximum atomic E-state index is 13.0. The molecule has 1 aliphatic rings. The molecule has 2 N–H and O–H groups in total. The molecule has 1 fully saturated rings. The summed E-state index contributed by atoms with van der Waals surface area (Å²) in [6.45, 7) is 4.14. The zero-order valence-electron chi connectivity index (χ0n) is 17.5. The molecule has 0 aromatic carbocycles. The number of ether oxygens (including phenoxy) is 1. The van der Waals surface area contributed by atoms with Crippen molar-refractivity contribution in [3.05, 3.63) is 36.0 Å². The Bertz CT molecular complexity index is 934. The molecule has 2 aromatic heterocycles. The number of hydrogen-bond donors (Lipinski definition) is 2. The second-order valence-corrected chi connectivity index (χ2v) is 8.44. The van der Waals surface area contributed by atoms with Crippen molar-refractivity contribution in [2.45, 2.75) is 51.3 Å². The fraction of sp³-hybridized carbons (Fsp3) is 0.524. The fourth-order valence-corrected chi connectivity index (χ4v) is 3.87. The monoisotopic (exact) mass is 429 g/mol. The third-order valence-electron chi connectivity index (χ3n) is 5.16. The molecule has 1 saturated carbocycles. The minimum atomic E-state index is -0.525. The van der Waals surface area contributed by atoms with E-state index in [0.29, 0.717) is 29.5 Å². The molecule has 1 aliphatic carbocycles. The van der Waals surface area contributed by atoms with E-state index in [9.17, 15) is 4.79 Å². The standard InChI is InChI=1S/C21H27N5O3S/c1-21(2,29-3)8-4-9-26-10-7-18(25-26)19(27)17-12-22-14-23-20(17)24-16-6-5-15(11-16)13-30-28/h7,10,12,14-16,28H,5-6,9,11,13H2,1-3H3,(H,22,23,24). The maximum Gasteiger partial charge on any atom is 0.218 e. The van der Waals surface area contributed by atoms with Crippen LogP contribution in [0.25, 0.3) is 0 Å². The molecule has 2 heterocycles. The summed E-state index contributed by atoms with van der Waals surface area (Å²) in [4.78, 5) is 21.3. The average Bonchev–Trinajstić information content (AvgIpc) is 3.38. The molecular weight excluding hydrogens is 402 g/mol. The predicted molar refractivity (Wildman–Crippen MR) is 116 cm³/mol. The third kappa shape index (κ3) is 5.81. The van der Waals surface area contributed by atoms with Crippen LogP contribution in [0.5, 0.6) is 0 Å². The van der Waals surface area contributed by atoms with E-state index in [-0.39, 0.29) is 11.8 Å². The van der Waals surface area contributed by atoms with Gasteiger partial charge in [-0.3, -0.25) is 9.48 Å². The molecule has 3 rings (SSSR count). The summed E-state index contributed by atoms with van der Waals surface area (Å²) in [5.41, 5.74) is 0.194. The number of nitrogens with zero attached hydrogens (tertiary/aromatic N) is 4. The van der Waals surface area contributed by atoms with E-state index in [4.69, 9.17) is 9.29 Å². The number of anilines is 1. The Kier molecular flexibility index (Phi) is 7.48. The maximum absolute atomic E-state index is 13.0. The lowest BCUT2D eigenvalue weighted by Gasteiger charge is -2.15. The van der Waals surface area contributed by atoms with E-state index in [0.717, 1.165) is 37.1 Å². The molecule has 0 aliphatic heterocycles. The number of hydrogen-bond acceptors (Lipinski definition) is 8. The third-order valence-corrected chi connectivity index (χ3v) is 5.78. The van der Waals surface area contributed by atoms with Crippen molar-refractivity contribution in [1.82, 2.24) is 19.7 Å². The van der Waals surface area contributed by atoms with Crippen LogP contribution in [0, 0.1) is 17.8 Å². The molecule has 8 nitrogen and oxygen atoms in total. The number of carbonyl (C=O) groups is 1. The van der Waals surface area contributed by atoms with Crippen LogP contribution in [0.4, 0.5) is 5.82 Å². The summed E-state index contributed by atoms with van der Waals surface area (Å²) in [6.07, 6.45) is 7.65. The Morgan fingerprint density at radius 3 is 3.07 bits per heavy atom. The summed E-state index contributed by atoms with van der Waals surface area (Å²) in [7, 11) is 1.62. The molecule has 2 atom stereocenters. The van der Waals surface area contributed by atoms with Gasteiger partial charge in [0.05, 0.1) is 5.56 Å². The number of carbonyl (C=O) groups excluding carboxylic acids is 1. The van der Waals surface area contributed by atoms with Crippen LogP contribution < -0.4 is 5.32 Å². The van der Waals surface area contributed by atoms with Gasteiger partial charge in [-0.1, -0.05) is 11.8 Å². The molecule has 2 unspecified atom stereocenters. The number of nitrogens with one attached hydrogen (secondary N) is 1. The SMILES string of the molecule is COC(C)(C)C#CCn1ccc(C(=O)c2cncnc2NC2CCC(CSO)C2)n1. The highest BCUT2D eigenvalue weighted by Crippen LogP contribution is 2.30. The summed E-state index contributed by atoms with van der Waals surface area (Å²) in [5, 5.41) is 7.73. The number of rotatable bonds is 8. The van der Waals surface area contributed by atoms with Crippen LogP contribution in [0.2, 0.25) is 0 Å². The Hall–Kier alpha value is -2.41. The fourth-order valence-electron chi connectivity index (χ4n) is 3.36. The van der Waals surface area contributed by atoms with Crippen LogP contribution in [-0.4, -0.2) is 54.6 Å². The first-order chi connectivity index (χ1) is 14.4. The summed E-state index contributed by atoms with van der Waals surface area (Å²) < 4.78 is 16.0. The van der Waals surface area contributed by atoms with Crippen molar-refractivity contribution >= 4 is 23.6 Å². The molecule has 9 heteroatoms. The largest absolute Gasteiger partial charge is 0.367 e. The van der Waals surface area contributed by atoms with Gasteiger partial charge in [0, 0.05) is 31.3 Å². The highest BCUT2D eigenvalue weighted by atomic mass is 32.2. The van der Waals surface area contributed by atoms with Gasteiger partial charge in [-0.2, -0.15) is 5.10 Å². The Morgan fingerprint density at radius 2 is 2.30 bits per heavy atom. The lowest BCUT2D eigenvalue weighted by Crippen LogP contribution is -2.20. The zero-order chi connectivity index (χ0) is 21.6. The van der Waals surface area contributed by atoms with Crippen molar-refractivity contribution < 1.29 is 14.1 Å². The van der Waals surface area contributed by atoms with Gasteiger partial charge < -0.3 is 14.6 Å². The lowest BCUT2D eigenvalue weighted by atomic mass is 10.1. The van der Waals surface area contributed by atoms with E-state index in [1.165, 1.54) is 12.5 Å². The first-order valence-corrected chi connectivity index (χ1v) is 10.8. The van der Waals surface area contributed by atoms with Gasteiger partial charge in [0.25, 0.3) is 0 Å².